The van der Waals surface area contributed by atoms with Gasteiger partial charge < -0.3 is 69.4 Å². The number of likely N-dealkylation sites (N-methyl/N-ethyl adjacent to an activating group) is 1. The summed E-state index contributed by atoms with van der Waals surface area (Å²) in [6.45, 7) is 12.2. The van der Waals surface area contributed by atoms with Crippen molar-refractivity contribution in [3.05, 3.63) is 24.3 Å². The number of aliphatic hydroxyl groups is 8. The van der Waals surface area contributed by atoms with Crippen LogP contribution < -0.4 is 0 Å². The third-order valence-electron chi connectivity index (χ3n) is 14.2. The van der Waals surface area contributed by atoms with E-state index in [4.69, 9.17) is 23.7 Å². The van der Waals surface area contributed by atoms with Crippen LogP contribution >= 0.6 is 0 Å². The zero-order chi connectivity index (χ0) is 46.1. The van der Waals surface area contributed by atoms with E-state index >= 15 is 0 Å². The van der Waals surface area contributed by atoms with E-state index in [1.165, 1.54) is 13.8 Å². The molecule has 0 radical (unpaired) electrons. The lowest BCUT2D eigenvalue weighted by Gasteiger charge is -2.51. The molecule has 4 aliphatic rings. The van der Waals surface area contributed by atoms with Crippen molar-refractivity contribution < 1.29 is 69.3 Å². The minimum absolute atomic E-state index is 0.0477. The Morgan fingerprint density at radius 3 is 2.29 bits per heavy atom. The van der Waals surface area contributed by atoms with E-state index in [9.17, 15) is 45.6 Å². The molecule has 2 bridgehead atoms. The second-order valence-electron chi connectivity index (χ2n) is 19.8. The monoisotopic (exact) mass is 886 g/mol. The first-order valence-electron chi connectivity index (χ1n) is 23.4. The lowest BCUT2D eigenvalue weighted by molar-refractivity contribution is -0.342. The number of allylic oxidation sites excluding steroid dienone is 1. The molecule has 62 heavy (non-hydrogen) atoms. The molecule has 0 aliphatic carbocycles. The first-order chi connectivity index (χ1) is 29.1. The molecule has 4 rings (SSSR count). The fourth-order valence-corrected chi connectivity index (χ4v) is 10.1. The van der Waals surface area contributed by atoms with E-state index in [1.807, 2.05) is 65.8 Å². The van der Waals surface area contributed by atoms with Crippen molar-refractivity contribution in [2.75, 3.05) is 20.7 Å². The molecule has 0 saturated carbocycles. The normalized spacial score (nSPS) is 45.1. The van der Waals surface area contributed by atoms with Gasteiger partial charge in [-0.2, -0.15) is 0 Å². The zero-order valence-corrected chi connectivity index (χ0v) is 38.9. The molecule has 15 heteroatoms. The summed E-state index contributed by atoms with van der Waals surface area (Å²) in [6.07, 6.45) is 1.07. The van der Waals surface area contributed by atoms with Crippen LogP contribution in [0.4, 0.5) is 0 Å². The number of carbonyl (C=O) groups is 1. The Hall–Kier alpha value is -1.57. The largest absolute Gasteiger partial charge is 0.459 e. The third kappa shape index (κ3) is 14.2. The molecule has 0 amide bonds. The highest BCUT2D eigenvalue weighted by Crippen LogP contribution is 2.45. The molecule has 15 nitrogen and oxygen atoms in total. The smallest absolute Gasteiger partial charge is 0.330 e. The van der Waals surface area contributed by atoms with Crippen LogP contribution in [0.2, 0.25) is 0 Å². The lowest BCUT2D eigenvalue weighted by atomic mass is 9.80. The summed E-state index contributed by atoms with van der Waals surface area (Å²) in [5.74, 6) is -4.22. The first kappa shape index (κ1) is 53.0. The second kappa shape index (κ2) is 23.7. The predicted octanol–water partition coefficient (Wildman–Crippen LogP) is 3.35. The SMILES string of the molecule is CC[C@H](O)C[C@H]1CCC[C@@]2(C[C@H]3OC(=O)C=C[C@@](C)(O)[C@@H](O)[C@H](C)[C@@H](O)[C@H](O[C@@H]4C[C@H](O)[C@@H](N(C)C)[C@@H](C)O4)[C@@H](O)[C@@H](C)CCC/C=C/[C@H](C[C@H](C)CO)[C@@H](O)C[C@@H](O2)[C@@H]3C)O1. The Kier molecular flexibility index (Phi) is 20.3. The van der Waals surface area contributed by atoms with Crippen molar-refractivity contribution in [2.45, 2.75) is 216 Å². The average Bonchev–Trinajstić information content (AvgIpc) is 3.21. The highest BCUT2D eigenvalue weighted by atomic mass is 16.7. The molecule has 20 atom stereocenters. The number of esters is 1. The van der Waals surface area contributed by atoms with Gasteiger partial charge in [-0.1, -0.05) is 46.8 Å². The molecule has 1 spiro atoms. The van der Waals surface area contributed by atoms with Gasteiger partial charge in [0.2, 0.25) is 0 Å². The van der Waals surface area contributed by atoms with Gasteiger partial charge in [0.1, 0.15) is 17.8 Å². The maximum absolute atomic E-state index is 13.6. The Bertz CT molecular complexity index is 1400. The van der Waals surface area contributed by atoms with Crippen molar-refractivity contribution in [1.82, 2.24) is 4.90 Å². The zero-order valence-electron chi connectivity index (χ0n) is 38.9. The topological polar surface area (TPSA) is 228 Å². The molecular formula is C47H83NO14. The minimum Gasteiger partial charge on any atom is -0.459 e. The van der Waals surface area contributed by atoms with E-state index in [2.05, 4.69) is 0 Å². The Balaban J connectivity index is 1.67. The van der Waals surface area contributed by atoms with Crippen molar-refractivity contribution in [3.63, 3.8) is 0 Å². The van der Waals surface area contributed by atoms with Gasteiger partial charge in [0.15, 0.2) is 12.1 Å². The molecular weight excluding hydrogens is 803 g/mol. The van der Waals surface area contributed by atoms with Crippen LogP contribution in [0.5, 0.6) is 0 Å². The summed E-state index contributed by atoms with van der Waals surface area (Å²) in [6, 6.07) is -0.304. The van der Waals surface area contributed by atoms with Gasteiger partial charge in [0.05, 0.1) is 61.0 Å². The summed E-state index contributed by atoms with van der Waals surface area (Å²) in [7, 11) is 3.69. The fraction of sp³-hybridized carbons (Fsp3) is 0.894. The number of aliphatic hydroxyl groups excluding tert-OH is 7. The summed E-state index contributed by atoms with van der Waals surface area (Å²) in [4.78, 5) is 15.5. The second-order valence-corrected chi connectivity index (χ2v) is 19.8. The van der Waals surface area contributed by atoms with Gasteiger partial charge in [-0.15, -0.1) is 0 Å². The Labute approximate surface area is 370 Å². The van der Waals surface area contributed by atoms with Gasteiger partial charge in [0, 0.05) is 56.1 Å². The first-order valence-corrected chi connectivity index (χ1v) is 23.4. The van der Waals surface area contributed by atoms with Crippen LogP contribution in [-0.2, 0) is 28.5 Å². The molecule has 0 aromatic rings. The molecule has 3 saturated heterocycles. The maximum Gasteiger partial charge on any atom is 0.330 e. The van der Waals surface area contributed by atoms with Crippen molar-refractivity contribution >= 4 is 5.97 Å². The van der Waals surface area contributed by atoms with Gasteiger partial charge >= 0.3 is 5.97 Å². The Morgan fingerprint density at radius 1 is 0.935 bits per heavy atom. The quantitative estimate of drug-likeness (QED) is 0.123. The molecule has 3 fully saturated rings. The Morgan fingerprint density at radius 2 is 1.65 bits per heavy atom. The van der Waals surface area contributed by atoms with Crippen molar-refractivity contribution in [1.29, 1.82) is 0 Å². The van der Waals surface area contributed by atoms with E-state index in [0.717, 1.165) is 25.0 Å². The fourth-order valence-electron chi connectivity index (χ4n) is 10.1. The molecule has 4 heterocycles. The number of hydrogen-bond acceptors (Lipinski definition) is 15. The maximum atomic E-state index is 13.6. The van der Waals surface area contributed by atoms with Gasteiger partial charge in [-0.05, 0) is 97.2 Å². The van der Waals surface area contributed by atoms with E-state index < -0.39 is 96.5 Å². The van der Waals surface area contributed by atoms with Crippen LogP contribution in [0.25, 0.3) is 0 Å². The van der Waals surface area contributed by atoms with Crippen LogP contribution in [0.15, 0.2) is 24.3 Å². The summed E-state index contributed by atoms with van der Waals surface area (Å²) < 4.78 is 32.0. The van der Waals surface area contributed by atoms with E-state index in [0.29, 0.717) is 44.9 Å². The van der Waals surface area contributed by atoms with Crippen LogP contribution in [0, 0.1) is 29.6 Å². The lowest BCUT2D eigenvalue weighted by Crippen LogP contribution is -2.57. The van der Waals surface area contributed by atoms with Gasteiger partial charge in [-0.3, -0.25) is 0 Å². The number of fused-ring (bicyclic) bond motifs is 2. The summed E-state index contributed by atoms with van der Waals surface area (Å²) in [5, 5.41) is 90.3. The molecule has 0 aromatic heterocycles. The number of rotatable bonds is 9. The highest BCUT2D eigenvalue weighted by Gasteiger charge is 2.51. The van der Waals surface area contributed by atoms with Crippen molar-refractivity contribution in [2.24, 2.45) is 29.6 Å². The molecule has 8 N–H and O–H groups in total. The predicted molar refractivity (Wildman–Crippen MR) is 232 cm³/mol. The van der Waals surface area contributed by atoms with Gasteiger partial charge in [0.25, 0.3) is 0 Å². The molecule has 0 aromatic carbocycles. The van der Waals surface area contributed by atoms with Crippen LogP contribution in [-0.4, -0.2) is 163 Å². The third-order valence-corrected chi connectivity index (χ3v) is 14.2. The van der Waals surface area contributed by atoms with E-state index in [-0.39, 0.29) is 55.8 Å². The minimum atomic E-state index is -2.05. The van der Waals surface area contributed by atoms with Crippen molar-refractivity contribution in [3.8, 4) is 0 Å². The summed E-state index contributed by atoms with van der Waals surface area (Å²) >= 11 is 0. The van der Waals surface area contributed by atoms with Gasteiger partial charge in [-0.25, -0.2) is 4.79 Å². The highest BCUT2D eigenvalue weighted by molar-refractivity contribution is 5.82. The molecule has 0 unspecified atom stereocenters. The van der Waals surface area contributed by atoms with Crippen LogP contribution in [0.3, 0.4) is 0 Å². The molecule has 360 valence electrons. The molecule has 4 aliphatic heterocycles. The number of nitrogens with zero attached hydrogens (tertiary/aromatic N) is 1. The standard InChI is InChI=1S/C47H83NO14/c1-10-33(50)22-34-17-14-19-47(61-34)25-38-29(4)37(62-47)23-35(51)32(21-27(2)26-49)16-13-11-12-15-28(3)42(54)44(60-40-24-36(52)41(48(8)9)31(6)58-40)43(55)30(5)45(56)46(7,57)20-18-39(53)59-38/h13,16,18,20,27-38,40-45,49-52,54-57H,10-12,14-15,17,19,21-26H2,1-9H3/b16-13+,20-18?/t27-,28-,29-,30+,31+,32+,33-,34+,35-,36-,37+,38+,40+,41-,42-,43+,44+,45-,46+,47+/m0/s1. The van der Waals surface area contributed by atoms with Crippen LogP contribution in [0.1, 0.15) is 126 Å². The number of carbonyl (C=O) groups excluding carboxylic acids is 1. The number of hydrogen-bond donors (Lipinski definition) is 8. The van der Waals surface area contributed by atoms with E-state index in [1.54, 1.807) is 0 Å². The average molecular weight is 886 g/mol. The number of ether oxygens (including phenoxy) is 5. The summed E-state index contributed by atoms with van der Waals surface area (Å²) in [5.41, 5.74) is -2.05.